The summed E-state index contributed by atoms with van der Waals surface area (Å²) in [6, 6.07) is 6.83. The molecule has 1 saturated carbocycles. The molecule has 7 nitrogen and oxygen atoms in total. The van der Waals surface area contributed by atoms with Crippen LogP contribution < -0.4 is 10.6 Å². The fourth-order valence-electron chi connectivity index (χ4n) is 3.85. The van der Waals surface area contributed by atoms with Crippen molar-refractivity contribution < 1.29 is 9.59 Å². The summed E-state index contributed by atoms with van der Waals surface area (Å²) in [6.45, 7) is 4.05. The first kappa shape index (κ1) is 19.9. The Bertz CT molecular complexity index is 882. The number of carbonyl (C=O) groups is 2. The second-order valence-corrected chi connectivity index (χ2v) is 7.96. The van der Waals surface area contributed by atoms with Gasteiger partial charge in [-0.05, 0) is 43.4 Å². The number of nitrogens with one attached hydrogen (secondary N) is 3. The van der Waals surface area contributed by atoms with Crippen LogP contribution >= 0.6 is 0 Å². The number of fused-ring (bicyclic) bond motifs is 1. The van der Waals surface area contributed by atoms with Crippen molar-refractivity contribution in [2.45, 2.75) is 58.0 Å². The van der Waals surface area contributed by atoms with Crippen LogP contribution in [0.15, 0.2) is 24.4 Å². The third kappa shape index (κ3) is 4.69. The minimum absolute atomic E-state index is 0.137. The van der Waals surface area contributed by atoms with E-state index in [1.54, 1.807) is 18.3 Å². The number of aromatic amines is 1. The predicted octanol–water partition coefficient (Wildman–Crippen LogP) is 2.91. The lowest BCUT2D eigenvalue weighted by Crippen LogP contribution is -2.50. The van der Waals surface area contributed by atoms with Crippen LogP contribution in [0.2, 0.25) is 0 Å². The largest absolute Gasteiger partial charge is 0.349 e. The molecule has 7 heteroatoms. The van der Waals surface area contributed by atoms with Gasteiger partial charge < -0.3 is 10.6 Å². The molecular weight excluding hydrogens is 354 g/mol. The third-order valence-electron chi connectivity index (χ3n) is 5.30. The zero-order valence-electron chi connectivity index (χ0n) is 16.4. The molecule has 0 radical (unpaired) electrons. The zero-order valence-corrected chi connectivity index (χ0v) is 16.4. The minimum Gasteiger partial charge on any atom is -0.349 e. The second kappa shape index (κ2) is 8.87. The summed E-state index contributed by atoms with van der Waals surface area (Å²) in [5.74, 6) is -0.308. The molecule has 1 fully saturated rings. The number of aromatic nitrogens is 2. The summed E-state index contributed by atoms with van der Waals surface area (Å²) in [7, 11) is 0. The van der Waals surface area contributed by atoms with E-state index in [-0.39, 0.29) is 23.8 Å². The number of H-pyrrole nitrogens is 1. The van der Waals surface area contributed by atoms with Crippen LogP contribution in [-0.4, -0.2) is 34.1 Å². The van der Waals surface area contributed by atoms with Crippen LogP contribution in [-0.2, 0) is 4.79 Å². The van der Waals surface area contributed by atoms with Crippen LogP contribution in [0, 0.1) is 23.2 Å². The Labute approximate surface area is 164 Å². The molecule has 0 spiro atoms. The maximum absolute atomic E-state index is 12.8. The fraction of sp³-hybridized carbons (Fsp3) is 0.524. The van der Waals surface area contributed by atoms with Crippen molar-refractivity contribution in [1.29, 1.82) is 5.26 Å². The molecule has 1 aromatic heterocycles. The molecule has 0 bridgehead atoms. The Hall–Kier alpha value is -2.88. The summed E-state index contributed by atoms with van der Waals surface area (Å²) in [6.07, 6.45) is 5.71. The van der Waals surface area contributed by atoms with E-state index in [2.05, 4.69) is 26.9 Å². The Morgan fingerprint density at radius 2 is 2.11 bits per heavy atom. The molecule has 2 aromatic rings. The fourth-order valence-corrected chi connectivity index (χ4v) is 3.85. The maximum Gasteiger partial charge on any atom is 0.251 e. The number of hydrogen-bond donors (Lipinski definition) is 3. The first-order chi connectivity index (χ1) is 13.5. The van der Waals surface area contributed by atoms with Gasteiger partial charge >= 0.3 is 0 Å². The summed E-state index contributed by atoms with van der Waals surface area (Å²) in [4.78, 5) is 25.5. The molecular formula is C21H27N5O2. The normalized spacial score (nSPS) is 20.5. The molecule has 3 rings (SSSR count). The lowest BCUT2D eigenvalue weighted by Gasteiger charge is -2.32. The van der Waals surface area contributed by atoms with Crippen LogP contribution in [0.5, 0.6) is 0 Å². The average molecular weight is 381 g/mol. The molecule has 1 aliphatic carbocycles. The highest BCUT2D eigenvalue weighted by atomic mass is 16.2. The van der Waals surface area contributed by atoms with Gasteiger partial charge in [-0.3, -0.25) is 14.7 Å². The highest BCUT2D eigenvalue weighted by molar-refractivity contribution is 5.98. The van der Waals surface area contributed by atoms with Crippen LogP contribution in [0.1, 0.15) is 56.3 Å². The van der Waals surface area contributed by atoms with Crippen LogP contribution in [0.3, 0.4) is 0 Å². The number of hydrogen-bond acceptors (Lipinski definition) is 4. The summed E-state index contributed by atoms with van der Waals surface area (Å²) in [5, 5.41) is 22.9. The average Bonchev–Trinajstić information content (AvgIpc) is 3.15. The lowest BCUT2D eigenvalue weighted by molar-refractivity contribution is -0.127. The van der Waals surface area contributed by atoms with Gasteiger partial charge in [-0.25, -0.2) is 0 Å². The Balaban J connectivity index is 1.67. The van der Waals surface area contributed by atoms with E-state index in [4.69, 9.17) is 0 Å². The molecule has 148 valence electrons. The molecule has 3 N–H and O–H groups in total. The Morgan fingerprint density at radius 3 is 2.86 bits per heavy atom. The van der Waals surface area contributed by atoms with Gasteiger partial charge in [-0.2, -0.15) is 10.4 Å². The topological polar surface area (TPSA) is 111 Å². The second-order valence-electron chi connectivity index (χ2n) is 7.96. The molecule has 1 unspecified atom stereocenters. The predicted molar refractivity (Wildman–Crippen MR) is 106 cm³/mol. The third-order valence-corrected chi connectivity index (χ3v) is 5.30. The van der Waals surface area contributed by atoms with Crippen molar-refractivity contribution >= 4 is 22.7 Å². The molecule has 0 aliphatic heterocycles. The standard InChI is InChI=1S/C21H27N5O2/c1-13(2)9-16(11-22)24-21(28)17-5-3-4-6-19(17)25-20(27)14-7-8-18-15(10-14)12-23-26-18/h7-8,10,12-13,16-17,19H,3-6,9H2,1-2H3,(H,23,26)(H,24,28)(H,25,27)/t16-,17+,19?/m0/s1. The lowest BCUT2D eigenvalue weighted by atomic mass is 9.83. The molecule has 1 heterocycles. The zero-order chi connectivity index (χ0) is 20.1. The van der Waals surface area contributed by atoms with Crippen molar-refractivity contribution in [1.82, 2.24) is 20.8 Å². The number of nitriles is 1. The molecule has 2 amide bonds. The van der Waals surface area contributed by atoms with E-state index in [1.165, 1.54) is 0 Å². The highest BCUT2D eigenvalue weighted by Gasteiger charge is 2.33. The van der Waals surface area contributed by atoms with Crippen molar-refractivity contribution in [3.63, 3.8) is 0 Å². The van der Waals surface area contributed by atoms with Crippen molar-refractivity contribution in [3.8, 4) is 6.07 Å². The van der Waals surface area contributed by atoms with Gasteiger partial charge in [0.2, 0.25) is 5.91 Å². The number of amides is 2. The SMILES string of the molecule is CC(C)C[C@@H](C#N)NC(=O)[C@@H]1CCCCC1NC(=O)c1ccc2[nH]ncc2c1. The number of carbonyl (C=O) groups excluding carboxylic acids is 2. The molecule has 1 aromatic carbocycles. The van der Waals surface area contributed by atoms with Gasteiger partial charge in [0.25, 0.3) is 5.91 Å². The van der Waals surface area contributed by atoms with Crippen LogP contribution in [0.25, 0.3) is 10.9 Å². The minimum atomic E-state index is -0.491. The maximum atomic E-state index is 12.8. The monoisotopic (exact) mass is 381 g/mol. The number of rotatable bonds is 6. The van der Waals surface area contributed by atoms with E-state index in [9.17, 15) is 14.9 Å². The van der Waals surface area contributed by atoms with Gasteiger partial charge in [-0.1, -0.05) is 26.7 Å². The molecule has 28 heavy (non-hydrogen) atoms. The van der Waals surface area contributed by atoms with E-state index in [0.29, 0.717) is 17.9 Å². The first-order valence-electron chi connectivity index (χ1n) is 9.92. The smallest absolute Gasteiger partial charge is 0.251 e. The first-order valence-corrected chi connectivity index (χ1v) is 9.92. The summed E-state index contributed by atoms with van der Waals surface area (Å²) >= 11 is 0. The van der Waals surface area contributed by atoms with E-state index in [1.807, 2.05) is 19.9 Å². The quantitative estimate of drug-likeness (QED) is 0.714. The van der Waals surface area contributed by atoms with E-state index >= 15 is 0 Å². The van der Waals surface area contributed by atoms with E-state index in [0.717, 1.165) is 36.6 Å². The van der Waals surface area contributed by atoms with Gasteiger partial charge in [0.05, 0.1) is 23.7 Å². The number of nitrogens with zero attached hydrogens (tertiary/aromatic N) is 2. The van der Waals surface area contributed by atoms with E-state index < -0.39 is 6.04 Å². The molecule has 0 saturated heterocycles. The molecule has 3 atom stereocenters. The van der Waals surface area contributed by atoms with Crippen molar-refractivity contribution in [3.05, 3.63) is 30.0 Å². The van der Waals surface area contributed by atoms with Gasteiger partial charge in [0, 0.05) is 17.0 Å². The molecule has 1 aliphatic rings. The summed E-state index contributed by atoms with van der Waals surface area (Å²) in [5.41, 5.74) is 1.42. The summed E-state index contributed by atoms with van der Waals surface area (Å²) < 4.78 is 0. The van der Waals surface area contributed by atoms with Crippen molar-refractivity contribution in [2.75, 3.05) is 0 Å². The number of benzene rings is 1. The highest BCUT2D eigenvalue weighted by Crippen LogP contribution is 2.25. The van der Waals surface area contributed by atoms with Gasteiger partial charge in [-0.15, -0.1) is 0 Å². The van der Waals surface area contributed by atoms with Gasteiger partial charge in [0.1, 0.15) is 6.04 Å². The Morgan fingerprint density at radius 1 is 1.32 bits per heavy atom. The van der Waals surface area contributed by atoms with Gasteiger partial charge in [0.15, 0.2) is 0 Å². The van der Waals surface area contributed by atoms with Crippen molar-refractivity contribution in [2.24, 2.45) is 11.8 Å². The van der Waals surface area contributed by atoms with Crippen LogP contribution in [0.4, 0.5) is 0 Å². The Kier molecular flexibility index (Phi) is 6.30.